The summed E-state index contributed by atoms with van der Waals surface area (Å²) >= 11 is 1.85. The number of ether oxygens (including phenoxy) is 2. The summed E-state index contributed by atoms with van der Waals surface area (Å²) < 4.78 is 11.1. The molecule has 0 radical (unpaired) electrons. The van der Waals surface area contributed by atoms with Crippen molar-refractivity contribution < 1.29 is 9.47 Å². The molecule has 0 aliphatic carbocycles. The number of hydrogen-bond acceptors (Lipinski definition) is 5. The number of likely N-dealkylation sites (tertiary alicyclic amines) is 1. The Hall–Kier alpha value is -1.56. The second-order valence-electron chi connectivity index (χ2n) is 7.51. The van der Waals surface area contributed by atoms with Gasteiger partial charge < -0.3 is 14.4 Å². The number of piperidine rings is 1. The van der Waals surface area contributed by atoms with Gasteiger partial charge in [0.1, 0.15) is 0 Å². The first-order chi connectivity index (χ1) is 13.3. The van der Waals surface area contributed by atoms with E-state index in [0.717, 1.165) is 31.0 Å². The van der Waals surface area contributed by atoms with Gasteiger partial charge in [0.15, 0.2) is 11.5 Å². The van der Waals surface area contributed by atoms with Crippen molar-refractivity contribution in [2.24, 2.45) is 0 Å². The predicted octanol–water partition coefficient (Wildman–Crippen LogP) is 4.20. The van der Waals surface area contributed by atoms with Crippen LogP contribution >= 0.6 is 11.3 Å². The molecule has 2 aromatic rings. The van der Waals surface area contributed by atoms with Gasteiger partial charge in [0, 0.05) is 24.5 Å². The van der Waals surface area contributed by atoms with Gasteiger partial charge in [0.25, 0.3) is 0 Å². The van der Waals surface area contributed by atoms with Gasteiger partial charge in [0.05, 0.1) is 20.3 Å². The Kier molecular flexibility index (Phi) is 6.01. The van der Waals surface area contributed by atoms with E-state index in [1.54, 1.807) is 14.2 Å². The fourth-order valence-electron chi connectivity index (χ4n) is 4.47. The van der Waals surface area contributed by atoms with Gasteiger partial charge in [-0.25, -0.2) is 0 Å². The summed E-state index contributed by atoms with van der Waals surface area (Å²) in [5.41, 5.74) is 2.76. The number of methoxy groups -OCH3 is 2. The molecule has 3 heterocycles. The molecule has 146 valence electrons. The van der Waals surface area contributed by atoms with Crippen molar-refractivity contribution in [3.05, 3.63) is 45.6 Å². The zero-order valence-electron chi connectivity index (χ0n) is 16.4. The van der Waals surface area contributed by atoms with E-state index in [1.807, 2.05) is 11.3 Å². The lowest BCUT2D eigenvalue weighted by Crippen LogP contribution is -2.42. The maximum absolute atomic E-state index is 5.61. The molecular weight excluding hydrogens is 356 g/mol. The first-order valence-electron chi connectivity index (χ1n) is 10.0. The molecule has 1 aromatic heterocycles. The van der Waals surface area contributed by atoms with Gasteiger partial charge >= 0.3 is 0 Å². The lowest BCUT2D eigenvalue weighted by Gasteiger charge is -2.39. The highest BCUT2D eigenvalue weighted by atomic mass is 32.1. The van der Waals surface area contributed by atoms with Crippen LogP contribution in [0, 0.1) is 0 Å². The summed E-state index contributed by atoms with van der Waals surface area (Å²) in [7, 11) is 3.44. The average Bonchev–Trinajstić information content (AvgIpc) is 3.25. The van der Waals surface area contributed by atoms with Crippen LogP contribution in [0.1, 0.15) is 41.3 Å². The van der Waals surface area contributed by atoms with Crippen LogP contribution in [0.4, 0.5) is 0 Å². The second-order valence-corrected chi connectivity index (χ2v) is 8.49. The molecular formula is C22H30N2O2S. The number of hydrogen-bond donors (Lipinski definition) is 0. The van der Waals surface area contributed by atoms with Crippen LogP contribution < -0.4 is 9.47 Å². The molecule has 0 amide bonds. The van der Waals surface area contributed by atoms with E-state index < -0.39 is 0 Å². The molecule has 2 aliphatic rings. The minimum absolute atomic E-state index is 0.318. The van der Waals surface area contributed by atoms with E-state index in [0.29, 0.717) is 6.04 Å². The molecule has 0 saturated carbocycles. The zero-order chi connectivity index (χ0) is 18.6. The molecule has 1 unspecified atom stereocenters. The van der Waals surface area contributed by atoms with Crippen molar-refractivity contribution in [2.45, 2.75) is 31.7 Å². The Labute approximate surface area is 166 Å². The maximum Gasteiger partial charge on any atom is 0.161 e. The molecule has 0 spiro atoms. The van der Waals surface area contributed by atoms with Gasteiger partial charge in [-0.1, -0.05) is 12.5 Å². The highest BCUT2D eigenvalue weighted by Crippen LogP contribution is 2.42. The molecule has 4 nitrogen and oxygen atoms in total. The third-order valence-corrected chi connectivity index (χ3v) is 6.86. The van der Waals surface area contributed by atoms with Gasteiger partial charge in [-0.05, 0) is 67.1 Å². The van der Waals surface area contributed by atoms with Crippen molar-refractivity contribution in [1.29, 1.82) is 0 Å². The Morgan fingerprint density at radius 2 is 1.78 bits per heavy atom. The van der Waals surface area contributed by atoms with Crippen LogP contribution in [0.3, 0.4) is 0 Å². The number of fused-ring (bicyclic) bond motifs is 1. The van der Waals surface area contributed by atoms with Gasteiger partial charge in [-0.2, -0.15) is 0 Å². The molecule has 5 heteroatoms. The average molecular weight is 387 g/mol. The quantitative estimate of drug-likeness (QED) is 0.743. The monoisotopic (exact) mass is 386 g/mol. The SMILES string of the molecule is COc1cc2c(cc1OC)C(c1cccs1)N(CCN1CCCCC1)CC2. The lowest BCUT2D eigenvalue weighted by molar-refractivity contribution is 0.157. The van der Waals surface area contributed by atoms with Crippen LogP contribution in [-0.4, -0.2) is 56.7 Å². The molecule has 2 aliphatic heterocycles. The fourth-order valence-corrected chi connectivity index (χ4v) is 5.35. The smallest absolute Gasteiger partial charge is 0.161 e. The molecule has 1 atom stereocenters. The third kappa shape index (κ3) is 4.00. The van der Waals surface area contributed by atoms with Crippen LogP contribution in [0.2, 0.25) is 0 Å². The molecule has 1 aromatic carbocycles. The second kappa shape index (κ2) is 8.63. The molecule has 1 saturated heterocycles. The summed E-state index contributed by atoms with van der Waals surface area (Å²) in [5, 5.41) is 2.19. The van der Waals surface area contributed by atoms with Crippen molar-refractivity contribution in [3.63, 3.8) is 0 Å². The summed E-state index contributed by atoms with van der Waals surface area (Å²) in [4.78, 5) is 6.72. The summed E-state index contributed by atoms with van der Waals surface area (Å²) in [6.07, 6.45) is 5.17. The predicted molar refractivity (Wildman–Crippen MR) is 111 cm³/mol. The van der Waals surface area contributed by atoms with Crippen LogP contribution in [-0.2, 0) is 6.42 Å². The van der Waals surface area contributed by atoms with E-state index >= 15 is 0 Å². The number of nitrogens with zero attached hydrogens (tertiary/aromatic N) is 2. The van der Waals surface area contributed by atoms with E-state index in [-0.39, 0.29) is 0 Å². The van der Waals surface area contributed by atoms with Gasteiger partial charge in [-0.3, -0.25) is 4.90 Å². The van der Waals surface area contributed by atoms with Gasteiger partial charge in [0.2, 0.25) is 0 Å². The normalized spacial score (nSPS) is 21.0. The van der Waals surface area contributed by atoms with Crippen molar-refractivity contribution in [3.8, 4) is 11.5 Å². The Morgan fingerprint density at radius 1 is 1.00 bits per heavy atom. The van der Waals surface area contributed by atoms with Crippen molar-refractivity contribution in [1.82, 2.24) is 9.80 Å². The van der Waals surface area contributed by atoms with Gasteiger partial charge in [-0.15, -0.1) is 11.3 Å². The minimum Gasteiger partial charge on any atom is -0.493 e. The molecule has 0 bridgehead atoms. The van der Waals surface area contributed by atoms with E-state index in [4.69, 9.17) is 9.47 Å². The first kappa shape index (κ1) is 18.8. The molecule has 4 rings (SSSR count). The summed E-state index contributed by atoms with van der Waals surface area (Å²) in [5.74, 6) is 1.67. The highest BCUT2D eigenvalue weighted by molar-refractivity contribution is 7.10. The largest absolute Gasteiger partial charge is 0.493 e. The lowest BCUT2D eigenvalue weighted by atomic mass is 9.91. The standard InChI is InChI=1S/C22H30N2O2S/c1-25-19-15-17-8-11-24(13-12-23-9-4-3-5-10-23)22(21-7-6-14-27-21)18(17)16-20(19)26-2/h6-7,14-16,22H,3-5,8-13H2,1-2H3. The van der Waals surface area contributed by atoms with Crippen LogP contribution in [0.15, 0.2) is 29.6 Å². The molecule has 0 N–H and O–H groups in total. The van der Waals surface area contributed by atoms with Crippen LogP contribution in [0.25, 0.3) is 0 Å². The zero-order valence-corrected chi connectivity index (χ0v) is 17.3. The topological polar surface area (TPSA) is 24.9 Å². The van der Waals surface area contributed by atoms with E-state index in [9.17, 15) is 0 Å². The Balaban J connectivity index is 1.61. The fraction of sp³-hybridized carbons (Fsp3) is 0.545. The Morgan fingerprint density at radius 3 is 2.48 bits per heavy atom. The summed E-state index contributed by atoms with van der Waals surface area (Å²) in [6, 6.07) is 9.13. The minimum atomic E-state index is 0.318. The van der Waals surface area contributed by atoms with Crippen molar-refractivity contribution in [2.75, 3.05) is 46.9 Å². The summed E-state index contributed by atoms with van der Waals surface area (Å²) in [6.45, 7) is 5.91. The third-order valence-electron chi connectivity index (χ3n) is 5.94. The first-order valence-corrected chi connectivity index (χ1v) is 10.9. The number of rotatable bonds is 6. The Bertz CT molecular complexity index is 741. The number of thiophene rings is 1. The van der Waals surface area contributed by atoms with Crippen LogP contribution in [0.5, 0.6) is 11.5 Å². The highest BCUT2D eigenvalue weighted by Gasteiger charge is 2.31. The maximum atomic E-state index is 5.61. The van der Waals surface area contributed by atoms with Crippen molar-refractivity contribution >= 4 is 11.3 Å². The number of benzene rings is 1. The van der Waals surface area contributed by atoms with E-state index in [1.165, 1.54) is 54.9 Å². The molecule has 27 heavy (non-hydrogen) atoms. The van der Waals surface area contributed by atoms with E-state index in [2.05, 4.69) is 39.4 Å². The molecule has 1 fully saturated rings.